The van der Waals surface area contributed by atoms with Gasteiger partial charge in [-0.3, -0.25) is 66.7 Å². The maximum absolute atomic E-state index is 12.6. The van der Waals surface area contributed by atoms with Crippen LogP contribution in [0.15, 0.2) is 165 Å². The number of carbonyl (C=O) groups excluding carboxylic acids is 2. The van der Waals surface area contributed by atoms with Crippen molar-refractivity contribution in [2.75, 3.05) is 39.6 Å². The van der Waals surface area contributed by atoms with E-state index in [4.69, 9.17) is 52.2 Å². The number of ether oxygens (including phenoxy) is 8. The van der Waals surface area contributed by atoms with Gasteiger partial charge in [0.25, 0.3) is 36.3 Å². The van der Waals surface area contributed by atoms with Crippen molar-refractivity contribution in [1.29, 1.82) is 5.26 Å². The minimum atomic E-state index is -1.53. The van der Waals surface area contributed by atoms with E-state index in [1.165, 1.54) is 47.6 Å². The lowest BCUT2D eigenvalue weighted by molar-refractivity contribution is -0.122. The zero-order chi connectivity index (χ0) is 87.9. The number of H-pyrrole nitrogens is 4. The number of aliphatic hydroxyl groups is 5. The molecule has 39 heteroatoms. The van der Waals surface area contributed by atoms with Crippen molar-refractivity contribution in [3.63, 3.8) is 0 Å². The summed E-state index contributed by atoms with van der Waals surface area (Å²) in [5.41, 5.74) is -4.42. The van der Waals surface area contributed by atoms with Crippen molar-refractivity contribution >= 4 is 20.5 Å². The Morgan fingerprint density at radius 1 is 0.517 bits per heavy atom. The van der Waals surface area contributed by atoms with Crippen molar-refractivity contribution < 1.29 is 82.1 Å². The summed E-state index contributed by atoms with van der Waals surface area (Å²) in [6.07, 6.45) is 1.28. The molecule has 0 spiro atoms. The molecule has 9 N–H and O–H groups in total. The molecule has 8 rings (SSSR count). The Bertz CT molecular complexity index is 4630. The predicted octanol–water partition coefficient (Wildman–Crippen LogP) is 5.43. The lowest BCUT2D eigenvalue weighted by Crippen LogP contribution is -2.40. The predicted molar refractivity (Wildman–Crippen MR) is 434 cm³/mol. The van der Waals surface area contributed by atoms with Gasteiger partial charge in [0, 0.05) is 73.4 Å². The maximum atomic E-state index is 12.6. The summed E-state index contributed by atoms with van der Waals surface area (Å²) < 4.78 is 65.8. The molecule has 1 aliphatic rings. The number of aliphatic hydroxyl groups excluding tert-OH is 5. The van der Waals surface area contributed by atoms with Gasteiger partial charge in [0.05, 0.1) is 98.4 Å². The maximum Gasteiger partial charge on any atom is 0.338 e. The zero-order valence-corrected chi connectivity index (χ0v) is 70.1. The third-order valence-corrected chi connectivity index (χ3v) is 19.8. The van der Waals surface area contributed by atoms with Gasteiger partial charge in [0.15, 0.2) is 31.1 Å². The Morgan fingerprint density at radius 2 is 0.873 bits per heavy atom. The summed E-state index contributed by atoms with van der Waals surface area (Å²) in [5.74, 6) is -0.684. The molecule has 38 nitrogen and oxygen atoms in total. The second-order valence-electron chi connectivity index (χ2n) is 27.6. The summed E-state index contributed by atoms with van der Waals surface area (Å²) in [6, 6.07) is 25.7. The van der Waals surface area contributed by atoms with Crippen LogP contribution >= 0.6 is 8.53 Å². The molecule has 0 aliphatic carbocycles. The quantitative estimate of drug-likeness (QED) is 0.0131. The van der Waals surface area contributed by atoms with Crippen molar-refractivity contribution in [3.8, 4) is 12.1 Å². The van der Waals surface area contributed by atoms with E-state index < -0.39 is 152 Å². The standard InChI is InChI=1S/C27H39N4O7P.C18H22N2O6.C12H18N2O3.2C11H18N2O5/c1-7-23(21(6)38-39(36-17-11-15-28)31(19(2)3)20(4)5)37-25(30-16-14-24(32)29-27(30)34)18-35-26(33)22-12-9-8-10-13-22;1-3-14(12(2)21)26-16(20-10-9-15(22)19-18(20)24)11-25-17(23)13-7-5-4-6-8-13;1-4-9(8(2)3)17-11-7-16-12-13-10(15)5-6-14(11)12;2*1-3-8(7(2)15)18-10(6-14)13-5-4-9(16)12-11(13)17/h8-10,12-14,16,19-21,23,25H,7,11,17-18H2,1-6H3,(H,29,32,34);4-10,12,14,16,21H,3,11H2,1-2H3,(H,19,22,24);5-6,8-9,11H,4,7H2,1-3H3;2*4-5,7-8,10,14-15H,3,6H2,1-2H3,(H,12,16,17)/t21-,23?,25?,39?;12-,14?,16?;;2*7-,8?,10?/m00.10/s1. The van der Waals surface area contributed by atoms with E-state index in [-0.39, 0.29) is 56.2 Å². The number of carbonyl (C=O) groups is 2. The van der Waals surface area contributed by atoms with Crippen LogP contribution in [0.4, 0.5) is 0 Å². The number of aromatic amines is 4. The molecule has 0 saturated carbocycles. The molecular formula is C79H115N12O26P. The van der Waals surface area contributed by atoms with Crippen LogP contribution in [0.25, 0.3) is 0 Å². The largest absolute Gasteiger partial charge is 0.460 e. The fourth-order valence-electron chi connectivity index (χ4n) is 11.5. The summed E-state index contributed by atoms with van der Waals surface area (Å²) in [7, 11) is -1.53. The molecule has 5 aromatic heterocycles. The summed E-state index contributed by atoms with van der Waals surface area (Å²) >= 11 is 0. The van der Waals surface area contributed by atoms with Gasteiger partial charge in [-0.1, -0.05) is 84.9 Å². The van der Waals surface area contributed by atoms with Crippen LogP contribution in [0.1, 0.15) is 194 Å². The fourth-order valence-corrected chi connectivity index (χ4v) is 13.2. The number of benzene rings is 2. The minimum absolute atomic E-state index is 0.122. The van der Waals surface area contributed by atoms with Gasteiger partial charge in [0.2, 0.25) is 0 Å². The third-order valence-electron chi connectivity index (χ3n) is 17.6. The van der Waals surface area contributed by atoms with E-state index in [2.05, 4.69) is 56.4 Å². The van der Waals surface area contributed by atoms with Gasteiger partial charge < -0.3 is 72.5 Å². The van der Waals surface area contributed by atoms with Crippen molar-refractivity contribution in [1.82, 2.24) is 52.4 Å². The summed E-state index contributed by atoms with van der Waals surface area (Å²) in [4.78, 5) is 141. The van der Waals surface area contributed by atoms with Crippen LogP contribution in [0, 0.1) is 17.2 Å². The number of fused-ring (bicyclic) bond motifs is 1. The Kier molecular flexibility index (Phi) is 44.5. The first-order valence-electron chi connectivity index (χ1n) is 38.8. The number of hydrogen-bond donors (Lipinski definition) is 9. The van der Waals surface area contributed by atoms with Crippen molar-refractivity contribution in [2.45, 2.75) is 241 Å². The van der Waals surface area contributed by atoms with Crippen LogP contribution in [0.2, 0.25) is 0 Å². The Morgan fingerprint density at radius 3 is 1.19 bits per heavy atom. The van der Waals surface area contributed by atoms with Gasteiger partial charge in [-0.05, 0) is 118 Å². The zero-order valence-electron chi connectivity index (χ0n) is 69.2. The first-order valence-corrected chi connectivity index (χ1v) is 39.9. The van der Waals surface area contributed by atoms with Gasteiger partial charge in [-0.15, -0.1) is 0 Å². The fraction of sp³-hybridized carbons (Fsp3) is 0.557. The van der Waals surface area contributed by atoms with E-state index >= 15 is 0 Å². The highest BCUT2D eigenvalue weighted by molar-refractivity contribution is 7.44. The molecule has 7 aromatic rings. The highest BCUT2D eigenvalue weighted by atomic mass is 31.2. The number of nitriles is 1. The molecule has 1 aliphatic heterocycles. The molecule has 0 saturated heterocycles. The lowest BCUT2D eigenvalue weighted by atomic mass is 10.1. The first kappa shape index (κ1) is 101. The van der Waals surface area contributed by atoms with Gasteiger partial charge in [-0.25, -0.2) is 33.4 Å². The van der Waals surface area contributed by atoms with Gasteiger partial charge in [-0.2, -0.15) is 10.2 Å². The van der Waals surface area contributed by atoms with E-state index in [9.17, 15) is 78.3 Å². The monoisotopic (exact) mass is 1680 g/mol. The molecule has 118 heavy (non-hydrogen) atoms. The molecule has 0 radical (unpaired) electrons. The molecule has 0 bridgehead atoms. The first-order chi connectivity index (χ1) is 56.1. The average molecular weight is 1680 g/mol. The van der Waals surface area contributed by atoms with Crippen LogP contribution in [0.5, 0.6) is 6.01 Å². The number of nitrogens with one attached hydrogen (secondary N) is 4. The second-order valence-corrected chi connectivity index (χ2v) is 29.0. The minimum Gasteiger partial charge on any atom is -0.460 e. The molecular weight excluding hydrogens is 1560 g/mol. The second kappa shape index (κ2) is 52.2. The highest BCUT2D eigenvalue weighted by Gasteiger charge is 2.34. The van der Waals surface area contributed by atoms with E-state index in [0.717, 1.165) is 32.3 Å². The number of nitrogens with zero attached hydrogens (tertiary/aromatic N) is 8. The molecule has 2 aromatic carbocycles. The number of esters is 2. The Labute approximate surface area is 682 Å². The molecule has 6 heterocycles. The lowest BCUT2D eigenvalue weighted by Gasteiger charge is -2.38. The summed E-state index contributed by atoms with van der Waals surface area (Å²) in [6.45, 7) is 27.7. The van der Waals surface area contributed by atoms with Gasteiger partial charge >= 0.3 is 40.7 Å². The third kappa shape index (κ3) is 32.8. The Balaban J connectivity index is 0.000000324. The topological polar surface area (TPSA) is 509 Å². The van der Waals surface area contributed by atoms with E-state index in [1.807, 2.05) is 62.3 Å². The molecule has 15 atom stereocenters. The highest BCUT2D eigenvalue weighted by Crippen LogP contribution is 2.48. The van der Waals surface area contributed by atoms with E-state index in [1.54, 1.807) is 92.2 Å². The number of aromatic nitrogens is 10. The van der Waals surface area contributed by atoms with Crippen molar-refractivity contribution in [2.24, 2.45) is 5.92 Å². The summed E-state index contributed by atoms with van der Waals surface area (Å²) in [5, 5.41) is 56.2. The molecule has 0 amide bonds. The normalized spacial score (nSPS) is 15.9. The molecule has 0 fully saturated rings. The van der Waals surface area contributed by atoms with Crippen LogP contribution in [-0.2, 0) is 42.2 Å². The Hall–Kier alpha value is -9.82. The molecule has 652 valence electrons. The molecule has 11 unspecified atom stereocenters. The van der Waals surface area contributed by atoms with Gasteiger partial charge in [0.1, 0.15) is 19.8 Å². The average Bonchev–Trinajstić information content (AvgIpc) is 1.61. The van der Waals surface area contributed by atoms with Crippen LogP contribution in [-0.4, -0.2) is 197 Å². The van der Waals surface area contributed by atoms with Crippen LogP contribution < -0.4 is 55.3 Å². The van der Waals surface area contributed by atoms with E-state index in [0.29, 0.717) is 55.3 Å². The SMILES string of the molecule is CCC(OC(CO)n1ccc(=O)[nH]c1=O)[C@@H](C)O.CCC(OC(CO)n1ccc(=O)[nH]c1=O)[C@H](C)O.CCC(OC(COC(=O)c1ccccc1)n1ccc(=O)[nH]c1=O)[C@H](C)O.CCC(OC(COC(=O)c1ccccc1)n1ccc(=O)[nH]c1=O)[C@H](C)OP(OCCC#N)N(C(C)C)C(C)C.CCC(OC1COc2nc(=O)ccn21)C(C)C. The van der Waals surface area contributed by atoms with Crippen LogP contribution in [0.3, 0.4) is 0 Å². The smallest absolute Gasteiger partial charge is 0.338 e. The van der Waals surface area contributed by atoms with Crippen molar-refractivity contribution in [3.05, 3.63) is 227 Å². The number of hydrogen-bond acceptors (Lipinski definition) is 29. The number of rotatable bonds is 40.